The second kappa shape index (κ2) is 6.18. The summed E-state index contributed by atoms with van der Waals surface area (Å²) in [5.41, 5.74) is 7.81. The lowest BCUT2D eigenvalue weighted by Gasteiger charge is -2.37. The van der Waals surface area contributed by atoms with Gasteiger partial charge >= 0.3 is 0 Å². The topological polar surface area (TPSA) is 16.1 Å². The molecule has 2 heteroatoms. The fourth-order valence-electron chi connectivity index (χ4n) is 4.33. The molecule has 0 saturated carbocycles. The molecule has 3 aromatic rings. The van der Waals surface area contributed by atoms with Gasteiger partial charge in [-0.1, -0.05) is 42.5 Å². The predicted octanol–water partition coefficient (Wildman–Crippen LogP) is 5.62. The molecule has 0 fully saturated rings. The van der Waals surface area contributed by atoms with Gasteiger partial charge in [0.1, 0.15) is 0 Å². The molecule has 2 aromatic carbocycles. The molecule has 1 aliphatic carbocycles. The van der Waals surface area contributed by atoms with Crippen LogP contribution in [0, 0.1) is 0 Å². The van der Waals surface area contributed by atoms with E-state index in [4.69, 9.17) is 4.98 Å². The van der Waals surface area contributed by atoms with Crippen molar-refractivity contribution in [2.45, 2.75) is 52.6 Å². The Morgan fingerprint density at radius 3 is 2.28 bits per heavy atom. The molecule has 4 rings (SSSR count). The summed E-state index contributed by atoms with van der Waals surface area (Å²) in [6.45, 7) is 9.16. The summed E-state index contributed by atoms with van der Waals surface area (Å²) in [4.78, 5) is 7.66. The summed E-state index contributed by atoms with van der Waals surface area (Å²) in [5.74, 6) is 0. The van der Waals surface area contributed by atoms with Crippen molar-refractivity contribution in [3.63, 3.8) is 0 Å². The lowest BCUT2D eigenvalue weighted by molar-refractivity contribution is 0.606. The maximum Gasteiger partial charge on any atom is 0.0765 e. The number of aryl methyl sites for hydroxylation is 1. The molecular weight excluding hydrogens is 304 g/mol. The van der Waals surface area contributed by atoms with Gasteiger partial charge in [0.2, 0.25) is 0 Å². The molecule has 0 saturated heterocycles. The largest absolute Gasteiger partial charge is 0.366 e. The third-order valence-electron chi connectivity index (χ3n) is 5.25. The monoisotopic (exact) mass is 330 g/mol. The first-order chi connectivity index (χ1) is 12.1. The predicted molar refractivity (Wildman–Crippen MR) is 107 cm³/mol. The Morgan fingerprint density at radius 1 is 0.840 bits per heavy atom. The van der Waals surface area contributed by atoms with Gasteiger partial charge in [-0.15, -0.1) is 0 Å². The van der Waals surface area contributed by atoms with Gasteiger partial charge in [-0.05, 0) is 52.2 Å². The van der Waals surface area contributed by atoms with Gasteiger partial charge in [0.15, 0.2) is 0 Å². The van der Waals surface area contributed by atoms with Crippen LogP contribution in [-0.4, -0.2) is 17.1 Å². The third kappa shape index (κ3) is 2.60. The maximum atomic E-state index is 5.09. The molecule has 25 heavy (non-hydrogen) atoms. The number of rotatable bonds is 3. The van der Waals surface area contributed by atoms with Crippen LogP contribution >= 0.6 is 0 Å². The molecule has 128 valence electrons. The molecule has 2 nitrogen and oxygen atoms in total. The molecule has 1 aromatic heterocycles. The Labute approximate surface area is 150 Å². The average Bonchev–Trinajstić information content (AvgIpc) is 2.60. The second-order valence-electron chi connectivity index (χ2n) is 7.56. The maximum absolute atomic E-state index is 5.09. The van der Waals surface area contributed by atoms with Crippen LogP contribution in [0.4, 0.5) is 5.69 Å². The summed E-state index contributed by atoms with van der Waals surface area (Å²) in [7, 11) is 0. The van der Waals surface area contributed by atoms with Crippen molar-refractivity contribution in [2.24, 2.45) is 0 Å². The molecule has 0 amide bonds. The lowest BCUT2D eigenvalue weighted by atomic mass is 9.86. The van der Waals surface area contributed by atoms with Crippen molar-refractivity contribution < 1.29 is 0 Å². The fraction of sp³-hybridized carbons (Fsp3) is 0.348. The normalized spacial score (nSPS) is 13.2. The number of para-hydroxylation sites is 1. The van der Waals surface area contributed by atoms with Crippen molar-refractivity contribution in [2.75, 3.05) is 4.90 Å². The van der Waals surface area contributed by atoms with E-state index in [0.717, 1.165) is 18.4 Å². The Morgan fingerprint density at radius 2 is 1.52 bits per heavy atom. The Kier molecular flexibility index (Phi) is 3.99. The van der Waals surface area contributed by atoms with Crippen LogP contribution in [0.1, 0.15) is 38.8 Å². The van der Waals surface area contributed by atoms with E-state index in [1.54, 1.807) is 0 Å². The number of nitrogens with zero attached hydrogens (tertiary/aromatic N) is 2. The van der Waals surface area contributed by atoms with E-state index in [1.165, 1.54) is 33.5 Å². The van der Waals surface area contributed by atoms with Crippen molar-refractivity contribution in [3.8, 4) is 11.3 Å². The van der Waals surface area contributed by atoms with Crippen LogP contribution in [0.5, 0.6) is 0 Å². The number of hydrogen-bond donors (Lipinski definition) is 0. The number of hydrogen-bond acceptors (Lipinski definition) is 2. The molecule has 0 N–H and O–H groups in total. The number of benzene rings is 2. The van der Waals surface area contributed by atoms with Gasteiger partial charge in [-0.3, -0.25) is 0 Å². The zero-order valence-corrected chi connectivity index (χ0v) is 15.6. The Hall–Kier alpha value is -2.35. The SMILES string of the molecule is CC(C)N(c1c2c(nc3ccccc13)-c1ccccc1CC2)C(C)C. The van der Waals surface area contributed by atoms with E-state index in [9.17, 15) is 0 Å². The number of fused-ring (bicyclic) bond motifs is 4. The van der Waals surface area contributed by atoms with Crippen molar-refractivity contribution >= 4 is 16.6 Å². The zero-order valence-electron chi connectivity index (χ0n) is 15.6. The highest BCUT2D eigenvalue weighted by Gasteiger charge is 2.27. The van der Waals surface area contributed by atoms with Gasteiger partial charge in [-0.25, -0.2) is 4.98 Å². The van der Waals surface area contributed by atoms with Gasteiger partial charge in [-0.2, -0.15) is 0 Å². The van der Waals surface area contributed by atoms with Gasteiger partial charge < -0.3 is 4.90 Å². The molecule has 0 bridgehead atoms. The first kappa shape index (κ1) is 16.1. The highest BCUT2D eigenvalue weighted by Crippen LogP contribution is 2.42. The van der Waals surface area contributed by atoms with Crippen LogP contribution < -0.4 is 4.90 Å². The van der Waals surface area contributed by atoms with Crippen LogP contribution in [0.2, 0.25) is 0 Å². The molecule has 1 heterocycles. The summed E-state index contributed by atoms with van der Waals surface area (Å²) >= 11 is 0. The van der Waals surface area contributed by atoms with Crippen LogP contribution in [0.25, 0.3) is 22.2 Å². The quantitative estimate of drug-likeness (QED) is 0.619. The van der Waals surface area contributed by atoms with Crippen LogP contribution in [0.3, 0.4) is 0 Å². The second-order valence-corrected chi connectivity index (χ2v) is 7.56. The minimum atomic E-state index is 0.451. The molecular formula is C23H26N2. The van der Waals surface area contributed by atoms with E-state index in [-0.39, 0.29) is 0 Å². The van der Waals surface area contributed by atoms with Gasteiger partial charge in [0, 0.05) is 28.6 Å². The first-order valence-electron chi connectivity index (χ1n) is 9.36. The molecule has 0 spiro atoms. The minimum Gasteiger partial charge on any atom is -0.366 e. The summed E-state index contributed by atoms with van der Waals surface area (Å²) < 4.78 is 0. The molecule has 0 atom stereocenters. The molecule has 0 radical (unpaired) electrons. The van der Waals surface area contributed by atoms with Gasteiger partial charge in [0.25, 0.3) is 0 Å². The summed E-state index contributed by atoms with van der Waals surface area (Å²) in [6, 6.07) is 18.3. The standard InChI is InChI=1S/C23H26N2/c1-15(2)25(16(3)4)23-19-11-7-8-12-21(19)24-22-18-10-6-5-9-17(18)13-14-20(22)23/h5-12,15-16H,13-14H2,1-4H3. The Bertz CT molecular complexity index is 917. The highest BCUT2D eigenvalue weighted by molar-refractivity contribution is 5.98. The first-order valence-corrected chi connectivity index (χ1v) is 9.36. The van der Waals surface area contributed by atoms with Crippen LogP contribution in [0.15, 0.2) is 48.5 Å². The molecule has 1 aliphatic rings. The fourth-order valence-corrected chi connectivity index (χ4v) is 4.33. The van der Waals surface area contributed by atoms with E-state index in [2.05, 4.69) is 81.1 Å². The van der Waals surface area contributed by atoms with E-state index < -0.39 is 0 Å². The molecule has 0 aliphatic heterocycles. The van der Waals surface area contributed by atoms with E-state index in [0.29, 0.717) is 12.1 Å². The van der Waals surface area contributed by atoms with Crippen LogP contribution in [-0.2, 0) is 12.8 Å². The molecule has 0 unspecified atom stereocenters. The van der Waals surface area contributed by atoms with E-state index in [1.807, 2.05) is 0 Å². The number of aromatic nitrogens is 1. The highest BCUT2D eigenvalue weighted by atomic mass is 15.2. The average molecular weight is 330 g/mol. The zero-order chi connectivity index (χ0) is 17.6. The lowest BCUT2D eigenvalue weighted by Crippen LogP contribution is -2.38. The smallest absolute Gasteiger partial charge is 0.0765 e. The number of anilines is 1. The number of pyridine rings is 1. The van der Waals surface area contributed by atoms with E-state index >= 15 is 0 Å². The van der Waals surface area contributed by atoms with Crippen molar-refractivity contribution in [1.82, 2.24) is 4.98 Å². The van der Waals surface area contributed by atoms with Crippen molar-refractivity contribution in [1.29, 1.82) is 0 Å². The Balaban J connectivity index is 2.08. The summed E-state index contributed by atoms with van der Waals surface area (Å²) in [5, 5.41) is 1.28. The minimum absolute atomic E-state index is 0.451. The van der Waals surface area contributed by atoms with Gasteiger partial charge in [0.05, 0.1) is 16.9 Å². The summed E-state index contributed by atoms with van der Waals surface area (Å²) in [6.07, 6.45) is 2.16. The third-order valence-corrected chi connectivity index (χ3v) is 5.25. The van der Waals surface area contributed by atoms with Crippen molar-refractivity contribution in [3.05, 3.63) is 59.7 Å².